The lowest BCUT2D eigenvalue weighted by Gasteiger charge is -2.31. The molecule has 104 valence electrons. The van der Waals surface area contributed by atoms with Gasteiger partial charge < -0.3 is 10.2 Å². The maximum atomic E-state index is 13.0. The van der Waals surface area contributed by atoms with Gasteiger partial charge in [0.15, 0.2) is 0 Å². The average Bonchev–Trinajstić information content (AvgIpc) is 2.67. The summed E-state index contributed by atoms with van der Waals surface area (Å²) in [7, 11) is 0. The van der Waals surface area contributed by atoms with E-state index in [1.54, 1.807) is 12.1 Å². The van der Waals surface area contributed by atoms with E-state index < -0.39 is 5.41 Å². The van der Waals surface area contributed by atoms with E-state index in [1.165, 1.54) is 12.1 Å². The third-order valence-electron chi connectivity index (χ3n) is 3.73. The number of carbonyl (C=O) groups is 1. The number of benzene rings is 1. The van der Waals surface area contributed by atoms with Crippen molar-refractivity contribution in [2.24, 2.45) is 0 Å². The Labute approximate surface area is 113 Å². The van der Waals surface area contributed by atoms with Gasteiger partial charge in [0.2, 0.25) is 5.91 Å². The molecular weight excluding hydrogens is 243 g/mol. The van der Waals surface area contributed by atoms with Crippen LogP contribution in [0.5, 0.6) is 0 Å². The molecule has 1 aliphatic rings. The van der Waals surface area contributed by atoms with E-state index in [0.29, 0.717) is 0 Å². The second-order valence-corrected chi connectivity index (χ2v) is 5.53. The first-order valence-electron chi connectivity index (χ1n) is 6.78. The molecule has 0 unspecified atom stereocenters. The van der Waals surface area contributed by atoms with Crippen LogP contribution in [0.1, 0.15) is 25.8 Å². The molecule has 1 aliphatic heterocycles. The number of nitrogens with zero attached hydrogens (tertiary/aromatic N) is 1. The monoisotopic (exact) mass is 264 g/mol. The van der Waals surface area contributed by atoms with E-state index >= 15 is 0 Å². The summed E-state index contributed by atoms with van der Waals surface area (Å²) < 4.78 is 13.0. The molecule has 0 atom stereocenters. The van der Waals surface area contributed by atoms with Crippen LogP contribution < -0.4 is 5.32 Å². The summed E-state index contributed by atoms with van der Waals surface area (Å²) in [6.07, 6.45) is 0.977. The highest BCUT2D eigenvalue weighted by atomic mass is 19.1. The normalized spacial score (nSPS) is 17.1. The van der Waals surface area contributed by atoms with E-state index in [-0.39, 0.29) is 11.7 Å². The zero-order valence-corrected chi connectivity index (χ0v) is 11.6. The summed E-state index contributed by atoms with van der Waals surface area (Å²) >= 11 is 0. The number of nitrogens with one attached hydrogen (secondary N) is 1. The van der Waals surface area contributed by atoms with Gasteiger partial charge in [0, 0.05) is 19.6 Å². The predicted octanol–water partition coefficient (Wildman–Crippen LogP) is 1.93. The number of carbonyl (C=O) groups excluding carboxylic acids is 1. The van der Waals surface area contributed by atoms with Crippen molar-refractivity contribution in [3.05, 3.63) is 35.6 Å². The van der Waals surface area contributed by atoms with Gasteiger partial charge in [-0.3, -0.25) is 4.79 Å². The number of hydrogen-bond donors (Lipinski definition) is 1. The lowest BCUT2D eigenvalue weighted by Crippen LogP contribution is -2.44. The van der Waals surface area contributed by atoms with Crippen LogP contribution in [0.2, 0.25) is 0 Å². The molecule has 19 heavy (non-hydrogen) atoms. The highest BCUT2D eigenvalue weighted by Gasteiger charge is 2.33. The Hall–Kier alpha value is -1.42. The molecule has 1 N–H and O–H groups in total. The molecule has 4 heteroatoms. The number of amides is 1. The van der Waals surface area contributed by atoms with Crippen molar-refractivity contribution in [2.75, 3.05) is 26.2 Å². The first-order valence-corrected chi connectivity index (χ1v) is 6.78. The molecular formula is C15H21FN2O. The van der Waals surface area contributed by atoms with Crippen molar-refractivity contribution < 1.29 is 9.18 Å². The van der Waals surface area contributed by atoms with Crippen LogP contribution in [-0.2, 0) is 10.2 Å². The minimum absolute atomic E-state index is 0.114. The summed E-state index contributed by atoms with van der Waals surface area (Å²) in [5.74, 6) is -0.159. The molecule has 1 saturated heterocycles. The third-order valence-corrected chi connectivity index (χ3v) is 3.73. The van der Waals surface area contributed by atoms with Crippen molar-refractivity contribution in [1.82, 2.24) is 10.2 Å². The number of halogens is 1. The van der Waals surface area contributed by atoms with Gasteiger partial charge in [-0.1, -0.05) is 12.1 Å². The molecule has 0 aliphatic carbocycles. The van der Waals surface area contributed by atoms with Crippen LogP contribution in [0, 0.1) is 5.82 Å². The van der Waals surface area contributed by atoms with Gasteiger partial charge in [-0.05, 0) is 44.5 Å². The lowest BCUT2D eigenvalue weighted by atomic mass is 9.83. The number of hydrogen-bond acceptors (Lipinski definition) is 2. The maximum Gasteiger partial charge on any atom is 0.232 e. The highest BCUT2D eigenvalue weighted by molar-refractivity contribution is 5.87. The van der Waals surface area contributed by atoms with E-state index in [9.17, 15) is 9.18 Å². The topological polar surface area (TPSA) is 32.3 Å². The smallest absolute Gasteiger partial charge is 0.232 e. The molecule has 1 heterocycles. The van der Waals surface area contributed by atoms with E-state index in [0.717, 1.165) is 38.2 Å². The standard InChI is InChI=1S/C15H21FN2O/c1-15(2,12-4-6-13(16)7-5-12)14(19)18-10-3-8-17-9-11-18/h4-7,17H,3,8-11H2,1-2H3. The average molecular weight is 264 g/mol. The fourth-order valence-corrected chi connectivity index (χ4v) is 2.43. The van der Waals surface area contributed by atoms with E-state index in [2.05, 4.69) is 5.32 Å². The second kappa shape index (κ2) is 5.70. The molecule has 1 aromatic rings. The van der Waals surface area contributed by atoms with Crippen LogP contribution in [0.3, 0.4) is 0 Å². The van der Waals surface area contributed by atoms with Gasteiger partial charge in [0.25, 0.3) is 0 Å². The van der Waals surface area contributed by atoms with Gasteiger partial charge in [-0.15, -0.1) is 0 Å². The van der Waals surface area contributed by atoms with E-state index in [1.807, 2.05) is 18.7 Å². The SMILES string of the molecule is CC(C)(C(=O)N1CCCNCC1)c1ccc(F)cc1. The van der Waals surface area contributed by atoms with Crippen LogP contribution in [-0.4, -0.2) is 37.0 Å². The van der Waals surface area contributed by atoms with Crippen molar-refractivity contribution in [3.63, 3.8) is 0 Å². The summed E-state index contributed by atoms with van der Waals surface area (Å²) in [6.45, 7) is 7.13. The minimum Gasteiger partial charge on any atom is -0.341 e. The van der Waals surface area contributed by atoms with Crippen LogP contribution in [0.25, 0.3) is 0 Å². The Morgan fingerprint density at radius 1 is 1.21 bits per heavy atom. The highest BCUT2D eigenvalue weighted by Crippen LogP contribution is 2.26. The molecule has 0 radical (unpaired) electrons. The Morgan fingerprint density at radius 2 is 1.89 bits per heavy atom. The minimum atomic E-state index is -0.613. The van der Waals surface area contributed by atoms with Crippen molar-refractivity contribution in [3.8, 4) is 0 Å². The molecule has 0 spiro atoms. The lowest BCUT2D eigenvalue weighted by molar-refractivity contribution is -0.136. The van der Waals surface area contributed by atoms with Gasteiger partial charge in [-0.25, -0.2) is 4.39 Å². The van der Waals surface area contributed by atoms with Gasteiger partial charge in [0.1, 0.15) is 5.82 Å². The summed E-state index contributed by atoms with van der Waals surface area (Å²) in [5.41, 5.74) is 0.244. The fraction of sp³-hybridized carbons (Fsp3) is 0.533. The summed E-state index contributed by atoms with van der Waals surface area (Å²) in [6, 6.07) is 6.22. The predicted molar refractivity (Wildman–Crippen MR) is 73.5 cm³/mol. The summed E-state index contributed by atoms with van der Waals surface area (Å²) in [5, 5.41) is 3.29. The molecule has 3 nitrogen and oxygen atoms in total. The number of rotatable bonds is 2. The Kier molecular flexibility index (Phi) is 4.20. The Balaban J connectivity index is 2.17. The van der Waals surface area contributed by atoms with Gasteiger partial charge in [-0.2, -0.15) is 0 Å². The van der Waals surface area contributed by atoms with Gasteiger partial charge in [0.05, 0.1) is 5.41 Å². The molecule has 1 amide bonds. The van der Waals surface area contributed by atoms with Crippen LogP contribution in [0.4, 0.5) is 4.39 Å². The van der Waals surface area contributed by atoms with Crippen molar-refractivity contribution >= 4 is 5.91 Å². The second-order valence-electron chi connectivity index (χ2n) is 5.53. The molecule has 0 aromatic heterocycles. The largest absolute Gasteiger partial charge is 0.341 e. The van der Waals surface area contributed by atoms with E-state index in [4.69, 9.17) is 0 Å². The zero-order valence-electron chi connectivity index (χ0n) is 11.6. The molecule has 1 fully saturated rings. The molecule has 2 rings (SSSR count). The van der Waals surface area contributed by atoms with Gasteiger partial charge >= 0.3 is 0 Å². The third kappa shape index (κ3) is 3.13. The maximum absolute atomic E-state index is 13.0. The molecule has 1 aromatic carbocycles. The summed E-state index contributed by atoms with van der Waals surface area (Å²) in [4.78, 5) is 14.6. The quantitative estimate of drug-likeness (QED) is 0.885. The van der Waals surface area contributed by atoms with Crippen molar-refractivity contribution in [1.29, 1.82) is 0 Å². The fourth-order valence-electron chi connectivity index (χ4n) is 2.43. The first-order chi connectivity index (χ1) is 9.01. The Bertz CT molecular complexity index is 434. The van der Waals surface area contributed by atoms with Crippen LogP contribution in [0.15, 0.2) is 24.3 Å². The first kappa shape index (κ1) is 14.0. The Morgan fingerprint density at radius 3 is 2.58 bits per heavy atom. The molecule has 0 saturated carbocycles. The van der Waals surface area contributed by atoms with Crippen LogP contribution >= 0.6 is 0 Å². The zero-order chi connectivity index (χ0) is 13.9. The molecule has 0 bridgehead atoms. The van der Waals surface area contributed by atoms with Crippen molar-refractivity contribution in [2.45, 2.75) is 25.7 Å².